The standard InChI is InChI=1S/C18H19N3/c1-2-15-4-8-17(9-5-15)19-14-16-6-10-18(11-7-16)21-13-3-12-20-21/h3-13,19H,2,14H2,1H3. The van der Waals surface area contributed by atoms with E-state index in [9.17, 15) is 0 Å². The van der Waals surface area contributed by atoms with Crippen LogP contribution in [0.4, 0.5) is 5.69 Å². The molecule has 0 amide bonds. The highest BCUT2D eigenvalue weighted by Gasteiger charge is 1.98. The molecule has 3 heteroatoms. The van der Waals surface area contributed by atoms with Gasteiger partial charge in [-0.1, -0.05) is 31.2 Å². The Morgan fingerprint density at radius 2 is 1.67 bits per heavy atom. The van der Waals surface area contributed by atoms with Gasteiger partial charge >= 0.3 is 0 Å². The van der Waals surface area contributed by atoms with Crippen molar-refractivity contribution >= 4 is 5.69 Å². The summed E-state index contributed by atoms with van der Waals surface area (Å²) in [4.78, 5) is 0. The van der Waals surface area contributed by atoms with Crippen molar-refractivity contribution in [2.45, 2.75) is 19.9 Å². The second-order valence-corrected chi connectivity index (χ2v) is 5.02. The van der Waals surface area contributed by atoms with E-state index in [2.05, 4.69) is 65.9 Å². The normalized spacial score (nSPS) is 10.5. The smallest absolute Gasteiger partial charge is 0.0645 e. The van der Waals surface area contributed by atoms with Gasteiger partial charge in [0.1, 0.15) is 0 Å². The van der Waals surface area contributed by atoms with Gasteiger partial charge in [0.05, 0.1) is 5.69 Å². The van der Waals surface area contributed by atoms with Gasteiger partial charge in [0.15, 0.2) is 0 Å². The number of nitrogens with zero attached hydrogens (tertiary/aromatic N) is 2. The topological polar surface area (TPSA) is 29.9 Å². The quantitative estimate of drug-likeness (QED) is 0.762. The predicted molar refractivity (Wildman–Crippen MR) is 86.7 cm³/mol. The van der Waals surface area contributed by atoms with Gasteiger partial charge in [-0.05, 0) is 47.9 Å². The Morgan fingerprint density at radius 1 is 0.952 bits per heavy atom. The van der Waals surface area contributed by atoms with E-state index >= 15 is 0 Å². The molecule has 0 saturated heterocycles. The lowest BCUT2D eigenvalue weighted by molar-refractivity contribution is 0.879. The van der Waals surface area contributed by atoms with Crippen LogP contribution >= 0.6 is 0 Å². The van der Waals surface area contributed by atoms with Crippen LogP contribution in [0.1, 0.15) is 18.1 Å². The highest BCUT2D eigenvalue weighted by atomic mass is 15.3. The first kappa shape index (κ1) is 13.4. The summed E-state index contributed by atoms with van der Waals surface area (Å²) < 4.78 is 1.86. The highest BCUT2D eigenvalue weighted by molar-refractivity contribution is 5.45. The molecule has 1 heterocycles. The maximum absolute atomic E-state index is 4.23. The summed E-state index contributed by atoms with van der Waals surface area (Å²) in [7, 11) is 0. The van der Waals surface area contributed by atoms with Gasteiger partial charge in [0.25, 0.3) is 0 Å². The molecule has 21 heavy (non-hydrogen) atoms. The van der Waals surface area contributed by atoms with Crippen molar-refractivity contribution in [3.8, 4) is 5.69 Å². The largest absolute Gasteiger partial charge is 0.381 e. The van der Waals surface area contributed by atoms with Gasteiger partial charge in [-0.15, -0.1) is 0 Å². The Kier molecular flexibility index (Phi) is 4.01. The van der Waals surface area contributed by atoms with Crippen LogP contribution in [0.3, 0.4) is 0 Å². The molecule has 0 fully saturated rings. The van der Waals surface area contributed by atoms with Crippen LogP contribution in [-0.2, 0) is 13.0 Å². The first-order chi connectivity index (χ1) is 10.3. The van der Waals surface area contributed by atoms with Gasteiger partial charge in [-0.3, -0.25) is 0 Å². The number of anilines is 1. The maximum Gasteiger partial charge on any atom is 0.0645 e. The Labute approximate surface area is 125 Å². The molecule has 0 unspecified atom stereocenters. The van der Waals surface area contributed by atoms with E-state index in [0.29, 0.717) is 0 Å². The number of nitrogens with one attached hydrogen (secondary N) is 1. The summed E-state index contributed by atoms with van der Waals surface area (Å²) in [6, 6.07) is 19.0. The molecular weight excluding hydrogens is 258 g/mol. The van der Waals surface area contributed by atoms with Crippen LogP contribution in [0.15, 0.2) is 67.0 Å². The SMILES string of the molecule is CCc1ccc(NCc2ccc(-n3cccn3)cc2)cc1. The number of hydrogen-bond acceptors (Lipinski definition) is 2. The number of aromatic nitrogens is 2. The molecule has 1 aromatic heterocycles. The number of benzene rings is 2. The fourth-order valence-corrected chi connectivity index (χ4v) is 2.25. The van der Waals surface area contributed by atoms with Crippen molar-refractivity contribution in [1.29, 1.82) is 0 Å². The van der Waals surface area contributed by atoms with Crippen molar-refractivity contribution in [3.63, 3.8) is 0 Å². The van der Waals surface area contributed by atoms with E-state index in [0.717, 1.165) is 24.3 Å². The minimum Gasteiger partial charge on any atom is -0.381 e. The first-order valence-corrected chi connectivity index (χ1v) is 7.27. The van der Waals surface area contributed by atoms with Crippen LogP contribution < -0.4 is 5.32 Å². The first-order valence-electron chi connectivity index (χ1n) is 7.27. The fraction of sp³-hybridized carbons (Fsp3) is 0.167. The van der Waals surface area contributed by atoms with Crippen molar-refractivity contribution in [2.24, 2.45) is 0 Å². The van der Waals surface area contributed by atoms with Gasteiger partial charge in [0.2, 0.25) is 0 Å². The van der Waals surface area contributed by atoms with Crippen molar-refractivity contribution in [1.82, 2.24) is 9.78 Å². The van der Waals surface area contributed by atoms with Gasteiger partial charge in [0, 0.05) is 24.6 Å². The van der Waals surface area contributed by atoms with Crippen LogP contribution in [-0.4, -0.2) is 9.78 Å². The van der Waals surface area contributed by atoms with Gasteiger partial charge in [-0.2, -0.15) is 5.10 Å². The number of hydrogen-bond donors (Lipinski definition) is 1. The molecule has 3 rings (SSSR count). The third-order valence-electron chi connectivity index (χ3n) is 3.56. The number of rotatable bonds is 5. The molecule has 0 aliphatic rings. The third kappa shape index (κ3) is 3.31. The molecule has 0 atom stereocenters. The summed E-state index contributed by atoms with van der Waals surface area (Å²) in [6.07, 6.45) is 4.81. The minimum atomic E-state index is 0.824. The second-order valence-electron chi connectivity index (χ2n) is 5.02. The zero-order chi connectivity index (χ0) is 14.5. The van der Waals surface area contributed by atoms with Gasteiger partial charge < -0.3 is 5.32 Å². The van der Waals surface area contributed by atoms with E-state index < -0.39 is 0 Å². The lowest BCUT2D eigenvalue weighted by Gasteiger charge is -2.08. The lowest BCUT2D eigenvalue weighted by atomic mass is 10.1. The zero-order valence-corrected chi connectivity index (χ0v) is 12.2. The molecule has 0 bridgehead atoms. The molecule has 0 saturated carbocycles. The van der Waals surface area contributed by atoms with E-state index in [4.69, 9.17) is 0 Å². The lowest BCUT2D eigenvalue weighted by Crippen LogP contribution is -2.00. The molecule has 106 valence electrons. The minimum absolute atomic E-state index is 0.824. The van der Waals surface area contributed by atoms with E-state index in [1.54, 1.807) is 6.20 Å². The molecule has 0 radical (unpaired) electrons. The third-order valence-corrected chi connectivity index (χ3v) is 3.56. The van der Waals surface area contributed by atoms with Gasteiger partial charge in [-0.25, -0.2) is 4.68 Å². The van der Waals surface area contributed by atoms with Crippen molar-refractivity contribution in [2.75, 3.05) is 5.32 Å². The predicted octanol–water partition coefficient (Wildman–Crippen LogP) is 4.05. The summed E-state index contributed by atoms with van der Waals surface area (Å²) in [5.41, 5.74) is 4.86. The second kappa shape index (κ2) is 6.27. The average molecular weight is 277 g/mol. The average Bonchev–Trinajstić information content (AvgIpc) is 3.08. The summed E-state index contributed by atoms with van der Waals surface area (Å²) >= 11 is 0. The van der Waals surface area contributed by atoms with E-state index in [-0.39, 0.29) is 0 Å². The molecule has 2 aromatic carbocycles. The Balaban J connectivity index is 1.62. The molecule has 0 spiro atoms. The van der Waals surface area contributed by atoms with Crippen LogP contribution in [0.2, 0.25) is 0 Å². The fourth-order valence-electron chi connectivity index (χ4n) is 2.25. The van der Waals surface area contributed by atoms with E-state index in [1.165, 1.54) is 11.1 Å². The zero-order valence-electron chi connectivity index (χ0n) is 12.2. The maximum atomic E-state index is 4.23. The molecule has 3 aromatic rings. The Morgan fingerprint density at radius 3 is 2.29 bits per heavy atom. The number of aryl methyl sites for hydroxylation is 1. The summed E-state index contributed by atoms with van der Waals surface area (Å²) in [5.74, 6) is 0. The molecule has 0 aliphatic heterocycles. The molecule has 0 aliphatic carbocycles. The van der Waals surface area contributed by atoms with E-state index in [1.807, 2.05) is 16.9 Å². The van der Waals surface area contributed by atoms with Crippen LogP contribution in [0.5, 0.6) is 0 Å². The van der Waals surface area contributed by atoms with Crippen LogP contribution in [0.25, 0.3) is 5.69 Å². The summed E-state index contributed by atoms with van der Waals surface area (Å²) in [5, 5.41) is 7.67. The molecule has 3 nitrogen and oxygen atoms in total. The monoisotopic (exact) mass is 277 g/mol. The Bertz CT molecular complexity index is 667. The highest BCUT2D eigenvalue weighted by Crippen LogP contribution is 2.13. The molecule has 1 N–H and O–H groups in total. The van der Waals surface area contributed by atoms with Crippen LogP contribution in [0, 0.1) is 0 Å². The molecular formula is C18H19N3. The summed E-state index contributed by atoms with van der Waals surface area (Å²) in [6.45, 7) is 2.99. The van der Waals surface area contributed by atoms with Crippen molar-refractivity contribution in [3.05, 3.63) is 78.1 Å². The van der Waals surface area contributed by atoms with Crippen molar-refractivity contribution < 1.29 is 0 Å². The Hall–Kier alpha value is -2.55.